The van der Waals surface area contributed by atoms with Gasteiger partial charge in [0.25, 0.3) is 0 Å². The molecule has 22 heavy (non-hydrogen) atoms. The molecule has 0 spiro atoms. The van der Waals surface area contributed by atoms with Crippen LogP contribution >= 0.6 is 0 Å². The number of aromatic nitrogens is 2. The number of nitrogens with zero attached hydrogens (tertiary/aromatic N) is 3. The number of rotatable bonds is 4. The Morgan fingerprint density at radius 2 is 2.18 bits per heavy atom. The van der Waals surface area contributed by atoms with Crippen LogP contribution in [-0.2, 0) is 6.54 Å². The quantitative estimate of drug-likeness (QED) is 0.592. The molecule has 0 bridgehead atoms. The summed E-state index contributed by atoms with van der Waals surface area (Å²) >= 11 is 0. The summed E-state index contributed by atoms with van der Waals surface area (Å²) in [5.74, 6) is -0.274. The van der Waals surface area contributed by atoms with E-state index in [-0.39, 0.29) is 24.0 Å². The fraction of sp³-hybridized carbons (Fsp3) is 0.133. The summed E-state index contributed by atoms with van der Waals surface area (Å²) in [7, 11) is 0. The van der Waals surface area contributed by atoms with Crippen molar-refractivity contribution in [3.05, 3.63) is 69.7 Å². The molecule has 0 atom stereocenters. The van der Waals surface area contributed by atoms with Crippen molar-refractivity contribution in [1.29, 1.82) is 0 Å². The second-order valence-corrected chi connectivity index (χ2v) is 4.91. The third kappa shape index (κ3) is 2.48. The Morgan fingerprint density at radius 3 is 2.91 bits per heavy atom. The van der Waals surface area contributed by atoms with E-state index in [0.717, 1.165) is 0 Å². The molecule has 2 heterocycles. The Morgan fingerprint density at radius 1 is 1.36 bits per heavy atom. The molecule has 3 rings (SSSR count). The summed E-state index contributed by atoms with van der Waals surface area (Å²) in [6, 6.07) is 9.98. The molecule has 7 heteroatoms. The molecular weight excluding hydrogens is 287 g/mol. The lowest BCUT2D eigenvalue weighted by molar-refractivity contribution is -0.389. The maximum Gasteiger partial charge on any atom is 0.372 e. The Balaban J connectivity index is 1.91. The molecule has 0 radical (unpaired) electrons. The number of fused-ring (bicyclic) bond motifs is 1. The highest BCUT2D eigenvalue weighted by atomic mass is 19.1. The summed E-state index contributed by atoms with van der Waals surface area (Å²) < 4.78 is 14.9. The summed E-state index contributed by atoms with van der Waals surface area (Å²) in [6.07, 6.45) is 1.58. The lowest BCUT2D eigenvalue weighted by Crippen LogP contribution is -2.03. The molecule has 3 aromatic rings. The predicted octanol–water partition coefficient (Wildman–Crippen LogP) is 3.30. The number of imidazole rings is 1. The van der Waals surface area contributed by atoms with Gasteiger partial charge >= 0.3 is 5.82 Å². The van der Waals surface area contributed by atoms with Crippen molar-refractivity contribution >= 4 is 17.3 Å². The van der Waals surface area contributed by atoms with Crippen LogP contribution in [0.25, 0.3) is 5.65 Å². The molecule has 0 saturated heterocycles. The van der Waals surface area contributed by atoms with Crippen molar-refractivity contribution in [2.75, 3.05) is 5.32 Å². The number of halogens is 1. The van der Waals surface area contributed by atoms with E-state index < -0.39 is 4.92 Å². The SMILES string of the molecule is Cc1ccc(CNc2nc3ccccn3c2[N+](=O)[O-])cc1F. The van der Waals surface area contributed by atoms with Gasteiger partial charge in [-0.05, 0) is 35.1 Å². The average molecular weight is 300 g/mol. The molecule has 112 valence electrons. The van der Waals surface area contributed by atoms with Gasteiger partial charge in [0.2, 0.25) is 11.5 Å². The zero-order chi connectivity index (χ0) is 15.7. The third-order valence-corrected chi connectivity index (χ3v) is 3.37. The Kier molecular flexibility index (Phi) is 3.46. The van der Waals surface area contributed by atoms with Crippen molar-refractivity contribution in [3.63, 3.8) is 0 Å². The van der Waals surface area contributed by atoms with Crippen molar-refractivity contribution < 1.29 is 9.31 Å². The first kappa shape index (κ1) is 14.0. The lowest BCUT2D eigenvalue weighted by atomic mass is 10.1. The van der Waals surface area contributed by atoms with Gasteiger partial charge in [0.1, 0.15) is 5.82 Å². The van der Waals surface area contributed by atoms with Crippen LogP contribution in [0.5, 0.6) is 0 Å². The fourth-order valence-electron chi connectivity index (χ4n) is 2.21. The van der Waals surface area contributed by atoms with E-state index >= 15 is 0 Å². The smallest absolute Gasteiger partial charge is 0.359 e. The van der Waals surface area contributed by atoms with Gasteiger partial charge in [-0.3, -0.25) is 0 Å². The van der Waals surface area contributed by atoms with E-state index in [2.05, 4.69) is 10.3 Å². The van der Waals surface area contributed by atoms with Crippen LogP contribution in [0.2, 0.25) is 0 Å². The van der Waals surface area contributed by atoms with E-state index in [0.29, 0.717) is 16.8 Å². The lowest BCUT2D eigenvalue weighted by Gasteiger charge is -2.05. The van der Waals surface area contributed by atoms with Gasteiger partial charge in [0, 0.05) is 12.6 Å². The molecule has 2 aromatic heterocycles. The first-order valence-electron chi connectivity index (χ1n) is 6.66. The molecule has 0 fully saturated rings. The number of nitro groups is 1. The largest absolute Gasteiger partial charge is 0.372 e. The Bertz CT molecular complexity index is 860. The van der Waals surface area contributed by atoms with Gasteiger partial charge in [0.05, 0.1) is 6.20 Å². The number of pyridine rings is 1. The van der Waals surface area contributed by atoms with Crippen molar-refractivity contribution in [1.82, 2.24) is 9.38 Å². The maximum atomic E-state index is 13.5. The van der Waals surface area contributed by atoms with Gasteiger partial charge in [0.15, 0.2) is 0 Å². The van der Waals surface area contributed by atoms with E-state index in [1.54, 1.807) is 43.5 Å². The molecule has 6 nitrogen and oxygen atoms in total. The minimum atomic E-state index is -0.488. The van der Waals surface area contributed by atoms with Gasteiger partial charge in [-0.25, -0.2) is 4.39 Å². The van der Waals surface area contributed by atoms with Crippen LogP contribution in [0.1, 0.15) is 11.1 Å². The Labute approximate surface area is 125 Å². The van der Waals surface area contributed by atoms with E-state index in [1.807, 2.05) is 0 Å². The summed E-state index contributed by atoms with van der Waals surface area (Å²) in [5, 5.41) is 14.2. The Hall–Kier alpha value is -2.96. The monoisotopic (exact) mass is 300 g/mol. The zero-order valence-corrected chi connectivity index (χ0v) is 11.8. The molecule has 1 N–H and O–H groups in total. The first-order chi connectivity index (χ1) is 10.6. The highest BCUT2D eigenvalue weighted by molar-refractivity contribution is 5.62. The van der Waals surface area contributed by atoms with E-state index in [4.69, 9.17) is 0 Å². The standard InChI is InChI=1S/C15H13FN4O2/c1-10-5-6-11(8-12(10)16)9-17-14-15(20(21)22)19-7-3-2-4-13(19)18-14/h2-8,17H,9H2,1H3. The van der Waals surface area contributed by atoms with Crippen LogP contribution in [0.15, 0.2) is 42.6 Å². The van der Waals surface area contributed by atoms with Crippen LogP contribution in [-0.4, -0.2) is 14.3 Å². The summed E-state index contributed by atoms with van der Waals surface area (Å²) in [6.45, 7) is 1.93. The average Bonchev–Trinajstić information content (AvgIpc) is 2.87. The normalized spacial score (nSPS) is 10.8. The fourth-order valence-corrected chi connectivity index (χ4v) is 2.21. The highest BCUT2D eigenvalue weighted by Gasteiger charge is 2.21. The second kappa shape index (κ2) is 5.44. The molecule has 0 amide bonds. The van der Waals surface area contributed by atoms with Crippen molar-refractivity contribution in [2.24, 2.45) is 0 Å². The van der Waals surface area contributed by atoms with Gasteiger partial charge < -0.3 is 15.4 Å². The van der Waals surface area contributed by atoms with Crippen molar-refractivity contribution in [2.45, 2.75) is 13.5 Å². The summed E-state index contributed by atoms with van der Waals surface area (Å²) in [4.78, 5) is 15.0. The number of hydrogen-bond acceptors (Lipinski definition) is 4. The minimum Gasteiger partial charge on any atom is -0.359 e. The zero-order valence-electron chi connectivity index (χ0n) is 11.8. The number of benzene rings is 1. The van der Waals surface area contributed by atoms with Crippen LogP contribution in [0.4, 0.5) is 16.0 Å². The highest BCUT2D eigenvalue weighted by Crippen LogP contribution is 2.25. The van der Waals surface area contributed by atoms with Crippen LogP contribution in [0, 0.1) is 22.9 Å². The van der Waals surface area contributed by atoms with E-state index in [1.165, 1.54) is 10.5 Å². The predicted molar refractivity (Wildman–Crippen MR) is 80.3 cm³/mol. The molecule has 0 aliphatic rings. The van der Waals surface area contributed by atoms with Crippen molar-refractivity contribution in [3.8, 4) is 0 Å². The van der Waals surface area contributed by atoms with Crippen LogP contribution in [0.3, 0.4) is 0 Å². The molecule has 1 aromatic carbocycles. The molecular formula is C15H13FN4O2. The first-order valence-corrected chi connectivity index (χ1v) is 6.66. The van der Waals surface area contributed by atoms with Gasteiger partial charge in [-0.1, -0.05) is 18.2 Å². The number of aryl methyl sites for hydroxylation is 1. The van der Waals surface area contributed by atoms with Crippen LogP contribution < -0.4 is 5.32 Å². The van der Waals surface area contributed by atoms with E-state index in [9.17, 15) is 14.5 Å². The molecule has 0 aliphatic carbocycles. The second-order valence-electron chi connectivity index (χ2n) is 4.91. The number of hydrogen-bond donors (Lipinski definition) is 1. The number of anilines is 1. The van der Waals surface area contributed by atoms with Gasteiger partial charge in [-0.2, -0.15) is 9.38 Å². The number of nitrogens with one attached hydrogen (secondary N) is 1. The molecule has 0 aliphatic heterocycles. The molecule has 0 saturated carbocycles. The third-order valence-electron chi connectivity index (χ3n) is 3.37. The minimum absolute atomic E-state index is 0.136. The maximum absolute atomic E-state index is 13.5. The molecule has 0 unspecified atom stereocenters. The topological polar surface area (TPSA) is 72.5 Å². The summed E-state index contributed by atoms with van der Waals surface area (Å²) in [5.41, 5.74) is 1.73. The van der Waals surface area contributed by atoms with Gasteiger partial charge in [-0.15, -0.1) is 0 Å².